The molecule has 3 amide bonds. The monoisotopic (exact) mass is 474 g/mol. The summed E-state index contributed by atoms with van der Waals surface area (Å²) >= 11 is 0.380. The maximum absolute atomic E-state index is 11.0. The van der Waals surface area contributed by atoms with Crippen molar-refractivity contribution in [2.75, 3.05) is 20.2 Å². The molecule has 0 saturated carbocycles. The van der Waals surface area contributed by atoms with E-state index in [1.165, 1.54) is 0 Å². The number of aliphatic hydroxyl groups is 1. The molecule has 7 N–H and O–H groups in total. The third kappa shape index (κ3) is 52.3. The molecular weight excluding hydrogens is 435 g/mol. The maximum Gasteiger partial charge on any atom is 0.290 e. The van der Waals surface area contributed by atoms with Gasteiger partial charge in [-0.05, 0) is 27.2 Å². The summed E-state index contributed by atoms with van der Waals surface area (Å²) in [6.07, 6.45) is 2.48. The number of likely N-dealkylation sites (N-methyl/N-ethyl adjacent to an activating group) is 1. The summed E-state index contributed by atoms with van der Waals surface area (Å²) in [6, 6.07) is -0.461. The van der Waals surface area contributed by atoms with Crippen LogP contribution in [0.4, 0.5) is 3.89 Å². The van der Waals surface area contributed by atoms with Gasteiger partial charge in [-0.2, -0.15) is 3.89 Å². The van der Waals surface area contributed by atoms with Crippen molar-refractivity contribution in [2.24, 2.45) is 5.73 Å². The van der Waals surface area contributed by atoms with Crippen LogP contribution >= 0.6 is 12.1 Å². The van der Waals surface area contributed by atoms with Crippen LogP contribution in [0.15, 0.2) is 0 Å². The summed E-state index contributed by atoms with van der Waals surface area (Å²) in [5, 5.41) is 21.5. The van der Waals surface area contributed by atoms with E-state index in [1.807, 2.05) is 27.7 Å². The second kappa shape index (κ2) is 35.2. The minimum absolute atomic E-state index is 0.0219. The summed E-state index contributed by atoms with van der Waals surface area (Å²) in [5.74, 6) is -0.335. The smallest absolute Gasteiger partial charge is 0.290 e. The average molecular weight is 475 g/mol. The summed E-state index contributed by atoms with van der Waals surface area (Å²) < 4.78 is 11.0. The van der Waals surface area contributed by atoms with Crippen LogP contribution < -0.4 is 21.7 Å². The van der Waals surface area contributed by atoms with Crippen molar-refractivity contribution in [1.29, 1.82) is 0 Å². The van der Waals surface area contributed by atoms with Gasteiger partial charge in [0.25, 0.3) is 6.47 Å². The largest absolute Gasteiger partial charge is 0.483 e. The molecule has 186 valence electrons. The van der Waals surface area contributed by atoms with E-state index < -0.39 is 6.04 Å². The second-order valence-corrected chi connectivity index (χ2v) is 6.76. The Balaban J connectivity index is -0.000000104. The zero-order valence-corrected chi connectivity index (χ0v) is 19.9. The van der Waals surface area contributed by atoms with Crippen molar-refractivity contribution in [3.05, 3.63) is 0 Å². The minimum atomic E-state index is -0.483. The number of aldehydes is 1. The Kier molecular flexibility index (Phi) is 44.6. The minimum Gasteiger partial charge on any atom is -0.483 e. The van der Waals surface area contributed by atoms with E-state index >= 15 is 0 Å². The Labute approximate surface area is 188 Å². The van der Waals surface area contributed by atoms with Gasteiger partial charge < -0.3 is 36.7 Å². The number of rotatable bonds is 10. The predicted octanol–water partition coefficient (Wildman–Crippen LogP) is 0.00770. The van der Waals surface area contributed by atoms with E-state index in [0.29, 0.717) is 37.9 Å². The first-order valence-corrected chi connectivity index (χ1v) is 10.1. The highest BCUT2D eigenvalue weighted by molar-refractivity contribution is 7.94. The lowest BCUT2D eigenvalue weighted by Gasteiger charge is -2.13. The molecule has 0 aromatic heterocycles. The number of nitrogens with one attached hydrogen (secondary N) is 3. The molecular formula is C18H39FN4O7S. The molecule has 13 heteroatoms. The Morgan fingerprint density at radius 2 is 1.58 bits per heavy atom. The van der Waals surface area contributed by atoms with E-state index in [2.05, 4.69) is 16.0 Å². The lowest BCUT2D eigenvalue weighted by atomic mass is 10.2. The zero-order valence-electron chi connectivity index (χ0n) is 19.1. The molecule has 0 spiro atoms. The fourth-order valence-corrected chi connectivity index (χ4v) is 1.16. The highest BCUT2D eigenvalue weighted by Gasteiger charge is 2.09. The van der Waals surface area contributed by atoms with Gasteiger partial charge in [-0.3, -0.25) is 19.2 Å². The van der Waals surface area contributed by atoms with E-state index in [1.54, 1.807) is 6.92 Å². The van der Waals surface area contributed by atoms with Gasteiger partial charge in [0.2, 0.25) is 18.2 Å². The van der Waals surface area contributed by atoms with Gasteiger partial charge in [-0.25, -0.2) is 0 Å². The van der Waals surface area contributed by atoms with Crippen molar-refractivity contribution in [3.63, 3.8) is 0 Å². The number of amides is 3. The quantitative estimate of drug-likeness (QED) is 0.237. The lowest BCUT2D eigenvalue weighted by Crippen LogP contribution is -2.42. The number of nitrogens with two attached hydrogens (primary N) is 1. The van der Waals surface area contributed by atoms with Crippen LogP contribution in [0.5, 0.6) is 0 Å². The molecule has 0 aromatic carbocycles. The third-order valence-electron chi connectivity index (χ3n) is 2.42. The van der Waals surface area contributed by atoms with Crippen LogP contribution in [-0.4, -0.2) is 78.7 Å². The van der Waals surface area contributed by atoms with Crippen molar-refractivity contribution < 1.29 is 38.1 Å². The lowest BCUT2D eigenvalue weighted by molar-refractivity contribution is -0.123. The summed E-state index contributed by atoms with van der Waals surface area (Å²) in [4.78, 5) is 49.4. The fraction of sp³-hybridized carbons (Fsp3) is 0.722. The number of hydrogen-bond donors (Lipinski definition) is 6. The van der Waals surface area contributed by atoms with Crippen molar-refractivity contribution >= 4 is 43.1 Å². The molecule has 0 aliphatic carbocycles. The van der Waals surface area contributed by atoms with Gasteiger partial charge in [0.15, 0.2) is 0 Å². The van der Waals surface area contributed by atoms with E-state index in [4.69, 9.17) is 20.7 Å². The number of aliphatic hydroxyl groups excluding tert-OH is 1. The van der Waals surface area contributed by atoms with Gasteiger partial charge >= 0.3 is 0 Å². The number of hydrogen-bond acceptors (Lipinski definition) is 8. The van der Waals surface area contributed by atoms with Gasteiger partial charge in [0.1, 0.15) is 6.29 Å². The van der Waals surface area contributed by atoms with Crippen LogP contribution in [-0.2, 0) is 24.0 Å². The van der Waals surface area contributed by atoms with Crippen LogP contribution in [0.3, 0.4) is 0 Å². The van der Waals surface area contributed by atoms with Gasteiger partial charge in [0, 0.05) is 43.5 Å². The Morgan fingerprint density at radius 3 is 1.87 bits per heavy atom. The Hall–Kier alpha value is -2.25. The highest BCUT2D eigenvalue weighted by Crippen LogP contribution is 2.07. The van der Waals surface area contributed by atoms with E-state index in [0.717, 1.165) is 13.4 Å². The molecule has 0 aliphatic heterocycles. The molecule has 0 radical (unpaired) electrons. The summed E-state index contributed by atoms with van der Waals surface area (Å²) in [6.45, 7) is 9.33. The number of halogens is 1. The molecule has 0 bridgehead atoms. The number of carbonyl (C=O) groups is 5. The van der Waals surface area contributed by atoms with Crippen LogP contribution in [0, 0.1) is 0 Å². The first-order chi connectivity index (χ1) is 14.6. The first-order valence-electron chi connectivity index (χ1n) is 9.30. The SMILES string of the molecule is CC(C)SF.CC(CCC=O)NC(=O)C(C)N.CCNC(=O)CNC=O.CO.O=CO. The number of carboxylic acid groups (broad SMARTS) is 1. The molecule has 0 aromatic rings. The van der Waals surface area contributed by atoms with Gasteiger partial charge in [-0.15, -0.1) is 0 Å². The maximum atomic E-state index is 11.0. The van der Waals surface area contributed by atoms with Gasteiger partial charge in [0.05, 0.1) is 12.6 Å². The molecule has 2 atom stereocenters. The van der Waals surface area contributed by atoms with Crippen molar-refractivity contribution in [3.8, 4) is 0 Å². The normalized spacial score (nSPS) is 10.3. The summed E-state index contributed by atoms with van der Waals surface area (Å²) in [5.41, 5.74) is 5.33. The molecule has 0 aliphatic rings. The van der Waals surface area contributed by atoms with Crippen LogP contribution in [0.2, 0.25) is 0 Å². The molecule has 0 fully saturated rings. The zero-order chi connectivity index (χ0) is 25.7. The fourth-order valence-electron chi connectivity index (χ4n) is 1.16. The Morgan fingerprint density at radius 1 is 1.13 bits per heavy atom. The molecule has 0 heterocycles. The Bertz CT molecular complexity index is 432. The van der Waals surface area contributed by atoms with Crippen LogP contribution in [0.25, 0.3) is 0 Å². The number of carbonyl (C=O) groups excluding carboxylic acids is 4. The van der Waals surface area contributed by atoms with Gasteiger partial charge in [-0.1, -0.05) is 13.8 Å². The third-order valence-corrected chi connectivity index (χ3v) is 2.77. The second-order valence-electron chi connectivity index (χ2n) is 5.64. The molecule has 0 rings (SSSR count). The highest BCUT2D eigenvalue weighted by atomic mass is 32.2. The van der Waals surface area contributed by atoms with Crippen LogP contribution in [0.1, 0.15) is 47.5 Å². The predicted molar refractivity (Wildman–Crippen MR) is 120 cm³/mol. The topological polar surface area (TPSA) is 188 Å². The van der Waals surface area contributed by atoms with Crippen molar-refractivity contribution in [2.45, 2.75) is 64.8 Å². The molecule has 2 unspecified atom stereocenters. The summed E-state index contributed by atoms with van der Waals surface area (Å²) in [7, 11) is 1.00. The van der Waals surface area contributed by atoms with E-state index in [-0.39, 0.29) is 36.1 Å². The average Bonchev–Trinajstić information content (AvgIpc) is 2.73. The molecule has 31 heavy (non-hydrogen) atoms. The molecule has 11 nitrogen and oxygen atoms in total. The first kappa shape index (κ1) is 39.2. The molecule has 0 saturated heterocycles. The van der Waals surface area contributed by atoms with Crippen molar-refractivity contribution in [1.82, 2.24) is 16.0 Å². The standard InChI is InChI=1S/C8H16N2O2.C5H10N2O2.C3H7FS.CH2O2.CH4O/c1-6(4-3-5-11)10-8(12)7(2)9;1-2-7-5(9)3-6-4-8;1-3(2)5-4;2-1-3;1-2/h5-7H,3-4,9H2,1-2H3,(H,10,12);4H,2-3H2,1H3,(H,6,8)(H,7,9);3H,1-2H3;1H,(H,2,3);2H,1H3. The van der Waals surface area contributed by atoms with E-state index in [9.17, 15) is 23.1 Å².